The van der Waals surface area contributed by atoms with Crippen molar-refractivity contribution in [3.8, 4) is 11.5 Å². The molecule has 0 aromatic heterocycles. The Morgan fingerprint density at radius 1 is 1.00 bits per heavy atom. The Morgan fingerprint density at radius 2 is 1.64 bits per heavy atom. The predicted molar refractivity (Wildman–Crippen MR) is 137 cm³/mol. The topological polar surface area (TPSA) is 114 Å². The Morgan fingerprint density at radius 3 is 2.22 bits per heavy atom. The molecule has 0 radical (unpaired) electrons. The molecule has 2 aromatic rings. The van der Waals surface area contributed by atoms with Crippen molar-refractivity contribution in [2.45, 2.75) is 37.6 Å². The molecule has 1 aliphatic rings. The largest absolute Gasteiger partial charge is 0.497 e. The highest BCUT2D eigenvalue weighted by molar-refractivity contribution is 7.89. The van der Waals surface area contributed by atoms with Gasteiger partial charge in [-0.3, -0.25) is 9.59 Å². The van der Waals surface area contributed by atoms with Crippen molar-refractivity contribution in [1.82, 2.24) is 14.9 Å². The van der Waals surface area contributed by atoms with E-state index in [9.17, 15) is 18.0 Å². The molecule has 10 heteroatoms. The van der Waals surface area contributed by atoms with Gasteiger partial charge in [-0.15, -0.1) is 0 Å². The van der Waals surface area contributed by atoms with Gasteiger partial charge >= 0.3 is 0 Å². The minimum Gasteiger partial charge on any atom is -0.497 e. The average molecular weight is 518 g/mol. The van der Waals surface area contributed by atoms with Crippen LogP contribution in [0.25, 0.3) is 0 Å². The molecule has 2 N–H and O–H groups in total. The zero-order valence-corrected chi connectivity index (χ0v) is 22.0. The Kier molecular flexibility index (Phi) is 9.33. The monoisotopic (exact) mass is 517 g/mol. The second kappa shape index (κ2) is 12.2. The van der Waals surface area contributed by atoms with Gasteiger partial charge in [-0.05, 0) is 67.1 Å². The highest BCUT2D eigenvalue weighted by Crippen LogP contribution is 2.27. The number of piperidine rings is 1. The second-order valence-electron chi connectivity index (χ2n) is 9.24. The van der Waals surface area contributed by atoms with Gasteiger partial charge in [0, 0.05) is 25.2 Å². The van der Waals surface area contributed by atoms with E-state index in [0.29, 0.717) is 36.4 Å². The molecule has 36 heavy (non-hydrogen) atoms. The van der Waals surface area contributed by atoms with Gasteiger partial charge in [0.05, 0.1) is 19.1 Å². The number of ether oxygens (including phenoxy) is 2. The van der Waals surface area contributed by atoms with Crippen LogP contribution in [-0.2, 0) is 14.8 Å². The molecule has 196 valence electrons. The van der Waals surface area contributed by atoms with Crippen molar-refractivity contribution in [2.24, 2.45) is 11.8 Å². The van der Waals surface area contributed by atoms with Crippen molar-refractivity contribution in [3.05, 3.63) is 54.1 Å². The van der Waals surface area contributed by atoms with E-state index in [2.05, 4.69) is 10.6 Å². The first-order valence-electron chi connectivity index (χ1n) is 12.0. The Bertz CT molecular complexity index is 1140. The molecule has 0 spiro atoms. The number of hydrogen-bond acceptors (Lipinski definition) is 6. The van der Waals surface area contributed by atoms with Gasteiger partial charge in [0.2, 0.25) is 15.9 Å². The van der Waals surface area contributed by atoms with E-state index in [1.807, 2.05) is 13.8 Å². The Balaban J connectivity index is 1.73. The Labute approximate surface area is 213 Å². The molecule has 1 aliphatic heterocycles. The van der Waals surface area contributed by atoms with Crippen LogP contribution in [0.5, 0.6) is 11.5 Å². The summed E-state index contributed by atoms with van der Waals surface area (Å²) in [6, 6.07) is 12.2. The fourth-order valence-corrected chi connectivity index (χ4v) is 5.62. The summed E-state index contributed by atoms with van der Waals surface area (Å²) in [6.45, 7) is 4.97. The zero-order chi connectivity index (χ0) is 26.3. The maximum Gasteiger partial charge on any atom is 0.252 e. The third-order valence-corrected chi connectivity index (χ3v) is 8.17. The number of carbonyl (C=O) groups excluding carboxylic acids is 2. The lowest BCUT2D eigenvalue weighted by Gasteiger charge is -2.35. The molecule has 0 saturated carbocycles. The zero-order valence-electron chi connectivity index (χ0n) is 21.2. The summed E-state index contributed by atoms with van der Waals surface area (Å²) in [6.07, 6.45) is 0.876. The number of nitrogens with zero attached hydrogens (tertiary/aromatic N) is 1. The summed E-state index contributed by atoms with van der Waals surface area (Å²) in [5, 5.41) is 5.80. The smallest absolute Gasteiger partial charge is 0.252 e. The van der Waals surface area contributed by atoms with Gasteiger partial charge in [-0.25, -0.2) is 8.42 Å². The number of hydrogen-bond donors (Lipinski definition) is 2. The Hall–Kier alpha value is -3.11. The minimum atomic E-state index is -3.68. The normalized spacial score (nSPS) is 15.8. The lowest BCUT2D eigenvalue weighted by atomic mass is 9.89. The van der Waals surface area contributed by atoms with Crippen LogP contribution in [0.4, 0.5) is 0 Å². The molecule has 3 rings (SSSR count). The molecule has 9 nitrogen and oxygen atoms in total. The summed E-state index contributed by atoms with van der Waals surface area (Å²) < 4.78 is 38.0. The third-order valence-electron chi connectivity index (χ3n) is 6.25. The van der Waals surface area contributed by atoms with Crippen LogP contribution in [0.15, 0.2) is 53.4 Å². The van der Waals surface area contributed by atoms with Crippen molar-refractivity contribution >= 4 is 21.8 Å². The molecular weight excluding hydrogens is 482 g/mol. The van der Waals surface area contributed by atoms with Crippen LogP contribution in [0.2, 0.25) is 0 Å². The van der Waals surface area contributed by atoms with Gasteiger partial charge < -0.3 is 20.1 Å². The number of amides is 2. The molecule has 0 bridgehead atoms. The molecule has 2 aromatic carbocycles. The van der Waals surface area contributed by atoms with Crippen LogP contribution in [0.1, 0.15) is 37.0 Å². The minimum absolute atomic E-state index is 0.194. The van der Waals surface area contributed by atoms with E-state index in [4.69, 9.17) is 9.47 Å². The maximum absolute atomic E-state index is 13.1. The number of nitrogens with one attached hydrogen (secondary N) is 2. The van der Waals surface area contributed by atoms with E-state index in [1.165, 1.54) is 30.7 Å². The van der Waals surface area contributed by atoms with E-state index in [1.54, 1.807) is 36.4 Å². The van der Waals surface area contributed by atoms with Crippen LogP contribution in [0, 0.1) is 11.8 Å². The fourth-order valence-electron chi connectivity index (χ4n) is 4.15. The van der Waals surface area contributed by atoms with E-state index >= 15 is 0 Å². The number of methoxy groups -OCH3 is 2. The molecule has 0 aliphatic carbocycles. The molecule has 1 saturated heterocycles. The number of carbonyl (C=O) groups is 2. The molecule has 0 unspecified atom stereocenters. The van der Waals surface area contributed by atoms with Gasteiger partial charge in [-0.1, -0.05) is 19.9 Å². The quantitative estimate of drug-likeness (QED) is 0.501. The van der Waals surface area contributed by atoms with Gasteiger partial charge in [0.25, 0.3) is 5.91 Å². The fraction of sp³-hybridized carbons (Fsp3) is 0.462. The van der Waals surface area contributed by atoms with Crippen LogP contribution in [0.3, 0.4) is 0 Å². The molecule has 1 heterocycles. The lowest BCUT2D eigenvalue weighted by molar-refractivity contribution is -0.124. The highest BCUT2D eigenvalue weighted by Gasteiger charge is 2.36. The van der Waals surface area contributed by atoms with Crippen LogP contribution < -0.4 is 20.1 Å². The summed E-state index contributed by atoms with van der Waals surface area (Å²) >= 11 is 0. The molecular formula is C26H35N3O6S. The van der Waals surface area contributed by atoms with Crippen molar-refractivity contribution < 1.29 is 27.5 Å². The molecule has 1 fully saturated rings. The first-order valence-corrected chi connectivity index (χ1v) is 13.5. The second-order valence-corrected chi connectivity index (χ2v) is 11.2. The summed E-state index contributed by atoms with van der Waals surface area (Å²) in [5.74, 6) is 0.507. The maximum atomic E-state index is 13.1. The average Bonchev–Trinajstić information content (AvgIpc) is 2.90. The van der Waals surface area contributed by atoms with Crippen molar-refractivity contribution in [2.75, 3.05) is 33.9 Å². The summed E-state index contributed by atoms with van der Waals surface area (Å²) in [7, 11) is -0.632. The highest BCUT2D eigenvalue weighted by atomic mass is 32.2. The van der Waals surface area contributed by atoms with Crippen LogP contribution in [-0.4, -0.2) is 64.4 Å². The first kappa shape index (κ1) is 27.5. The predicted octanol–water partition coefficient (Wildman–Crippen LogP) is 2.68. The van der Waals surface area contributed by atoms with Gasteiger partial charge in [0.15, 0.2) is 0 Å². The van der Waals surface area contributed by atoms with Gasteiger partial charge in [-0.2, -0.15) is 4.31 Å². The number of sulfonamides is 1. The van der Waals surface area contributed by atoms with E-state index in [0.717, 1.165) is 0 Å². The van der Waals surface area contributed by atoms with E-state index in [-0.39, 0.29) is 41.6 Å². The first-order chi connectivity index (χ1) is 17.1. The number of rotatable bonds is 10. The van der Waals surface area contributed by atoms with Crippen molar-refractivity contribution in [1.29, 1.82) is 0 Å². The standard InChI is InChI=1S/C26H35N3O6S/c1-18(2)17-27-26(31)24(28-25(30)20-6-5-7-22(16-20)35-4)19-12-14-29(15-13-19)36(32,33)23-10-8-21(34-3)9-11-23/h5-11,16,18-19,24H,12-15,17H2,1-4H3,(H,27,31)(H,28,30)/t24-/m1/s1. The summed E-state index contributed by atoms with van der Waals surface area (Å²) in [5.41, 5.74) is 0.385. The third kappa shape index (κ3) is 6.76. The van der Waals surface area contributed by atoms with Crippen molar-refractivity contribution in [3.63, 3.8) is 0 Å². The van der Waals surface area contributed by atoms with E-state index < -0.39 is 16.1 Å². The SMILES string of the molecule is COc1ccc(S(=O)(=O)N2CCC([C@@H](NC(=O)c3cccc(OC)c3)C(=O)NCC(C)C)CC2)cc1. The van der Waals surface area contributed by atoms with Gasteiger partial charge in [0.1, 0.15) is 17.5 Å². The lowest BCUT2D eigenvalue weighted by Crippen LogP contribution is -2.54. The number of benzene rings is 2. The van der Waals surface area contributed by atoms with Crippen LogP contribution >= 0.6 is 0 Å². The molecule has 1 atom stereocenters. The summed E-state index contributed by atoms with van der Waals surface area (Å²) in [4.78, 5) is 26.3. The molecule has 2 amide bonds.